The highest BCUT2D eigenvalue weighted by Gasteiger charge is 2.06. The number of aliphatic hydroxyl groups is 1. The largest absolute Gasteiger partial charge is 0.392 e. The van der Waals surface area contributed by atoms with Crippen molar-refractivity contribution in [3.05, 3.63) is 64.7 Å². The van der Waals surface area contributed by atoms with Crippen LogP contribution in [0.4, 0.5) is 5.69 Å². The summed E-state index contributed by atoms with van der Waals surface area (Å²) in [4.78, 5) is 12.1. The number of anilines is 1. The van der Waals surface area contributed by atoms with Gasteiger partial charge in [0.1, 0.15) is 0 Å². The fourth-order valence-corrected chi connectivity index (χ4v) is 2.01. The zero-order chi connectivity index (χ0) is 13.8. The number of hydrogen-bond acceptors (Lipinski definition) is 2. The van der Waals surface area contributed by atoms with Gasteiger partial charge < -0.3 is 10.4 Å². The topological polar surface area (TPSA) is 49.3 Å². The number of benzene rings is 2. The molecule has 0 unspecified atom stereocenters. The number of amides is 1. The van der Waals surface area contributed by atoms with Crippen molar-refractivity contribution in [3.8, 4) is 0 Å². The average molecular weight is 255 g/mol. The molecule has 0 fully saturated rings. The van der Waals surface area contributed by atoms with E-state index in [0.29, 0.717) is 5.56 Å². The Hall–Kier alpha value is -2.13. The first-order valence-corrected chi connectivity index (χ1v) is 6.18. The fourth-order valence-electron chi connectivity index (χ4n) is 2.01. The number of nitrogens with one attached hydrogen (secondary N) is 1. The molecule has 0 aliphatic rings. The minimum atomic E-state index is -0.144. The Morgan fingerprint density at radius 2 is 1.63 bits per heavy atom. The highest BCUT2D eigenvalue weighted by atomic mass is 16.3. The van der Waals surface area contributed by atoms with E-state index in [1.807, 2.05) is 26.0 Å². The predicted molar refractivity (Wildman–Crippen MR) is 76.2 cm³/mol. The zero-order valence-electron chi connectivity index (χ0n) is 11.1. The molecule has 2 aromatic rings. The van der Waals surface area contributed by atoms with Crippen LogP contribution < -0.4 is 5.32 Å². The van der Waals surface area contributed by atoms with Crippen molar-refractivity contribution in [1.82, 2.24) is 0 Å². The van der Waals surface area contributed by atoms with Gasteiger partial charge in [0.05, 0.1) is 6.61 Å². The maximum Gasteiger partial charge on any atom is 0.255 e. The summed E-state index contributed by atoms with van der Waals surface area (Å²) in [6.45, 7) is 3.98. The van der Waals surface area contributed by atoms with E-state index in [1.54, 1.807) is 24.3 Å². The third kappa shape index (κ3) is 3.42. The van der Waals surface area contributed by atoms with Gasteiger partial charge in [-0.2, -0.15) is 0 Å². The number of carbonyl (C=O) groups excluding carboxylic acids is 1. The van der Waals surface area contributed by atoms with Crippen molar-refractivity contribution in [2.45, 2.75) is 20.5 Å². The SMILES string of the molecule is Cc1cc(C)cc(NC(=O)c2ccc(CO)cc2)c1. The molecule has 0 saturated carbocycles. The molecule has 0 aliphatic carbocycles. The minimum Gasteiger partial charge on any atom is -0.392 e. The molecule has 98 valence electrons. The van der Waals surface area contributed by atoms with E-state index < -0.39 is 0 Å². The highest BCUT2D eigenvalue weighted by molar-refractivity contribution is 6.04. The Bertz CT molecular complexity index is 568. The van der Waals surface area contributed by atoms with Gasteiger partial charge in [-0.05, 0) is 54.8 Å². The summed E-state index contributed by atoms with van der Waals surface area (Å²) in [6.07, 6.45) is 0. The van der Waals surface area contributed by atoms with Crippen LogP contribution in [0.5, 0.6) is 0 Å². The first kappa shape index (κ1) is 13.3. The molecule has 0 heterocycles. The Labute approximate surface area is 112 Å². The van der Waals surface area contributed by atoms with Gasteiger partial charge in [-0.15, -0.1) is 0 Å². The van der Waals surface area contributed by atoms with E-state index in [0.717, 1.165) is 22.4 Å². The maximum atomic E-state index is 12.1. The third-order valence-corrected chi connectivity index (χ3v) is 2.88. The standard InChI is InChI=1S/C16H17NO2/c1-11-7-12(2)9-15(8-11)17-16(19)14-5-3-13(10-18)4-6-14/h3-9,18H,10H2,1-2H3,(H,17,19). The van der Waals surface area contributed by atoms with Crippen LogP contribution in [-0.4, -0.2) is 11.0 Å². The number of aliphatic hydroxyl groups excluding tert-OH is 1. The Kier molecular flexibility index (Phi) is 3.97. The summed E-state index contributed by atoms with van der Waals surface area (Å²) in [6, 6.07) is 12.9. The lowest BCUT2D eigenvalue weighted by atomic mass is 10.1. The second kappa shape index (κ2) is 5.67. The van der Waals surface area contributed by atoms with E-state index in [2.05, 4.69) is 11.4 Å². The van der Waals surface area contributed by atoms with Crippen molar-refractivity contribution >= 4 is 11.6 Å². The van der Waals surface area contributed by atoms with Crippen molar-refractivity contribution < 1.29 is 9.90 Å². The molecule has 0 aliphatic heterocycles. The first-order chi connectivity index (χ1) is 9.08. The van der Waals surface area contributed by atoms with Gasteiger partial charge in [0.2, 0.25) is 0 Å². The second-order valence-electron chi connectivity index (χ2n) is 4.69. The van der Waals surface area contributed by atoms with E-state index in [4.69, 9.17) is 5.11 Å². The molecule has 2 aromatic carbocycles. The molecular formula is C16H17NO2. The van der Waals surface area contributed by atoms with Crippen LogP contribution in [0.25, 0.3) is 0 Å². The molecule has 1 amide bonds. The predicted octanol–water partition coefficient (Wildman–Crippen LogP) is 3.05. The van der Waals surface area contributed by atoms with Gasteiger partial charge in [-0.1, -0.05) is 18.2 Å². The highest BCUT2D eigenvalue weighted by Crippen LogP contribution is 2.15. The molecule has 2 rings (SSSR count). The van der Waals surface area contributed by atoms with Crippen molar-refractivity contribution in [2.75, 3.05) is 5.32 Å². The fraction of sp³-hybridized carbons (Fsp3) is 0.188. The number of rotatable bonds is 3. The lowest BCUT2D eigenvalue weighted by Gasteiger charge is -2.08. The summed E-state index contributed by atoms with van der Waals surface area (Å²) in [5, 5.41) is 11.8. The Morgan fingerprint density at radius 3 is 2.16 bits per heavy atom. The molecular weight excluding hydrogens is 238 g/mol. The second-order valence-corrected chi connectivity index (χ2v) is 4.69. The number of aryl methyl sites for hydroxylation is 2. The smallest absolute Gasteiger partial charge is 0.255 e. The van der Waals surface area contributed by atoms with E-state index >= 15 is 0 Å². The Balaban J connectivity index is 2.15. The van der Waals surface area contributed by atoms with E-state index in [9.17, 15) is 4.79 Å². The van der Waals surface area contributed by atoms with E-state index in [1.165, 1.54) is 0 Å². The van der Waals surface area contributed by atoms with Crippen LogP contribution in [-0.2, 0) is 6.61 Å². The van der Waals surface area contributed by atoms with E-state index in [-0.39, 0.29) is 12.5 Å². The summed E-state index contributed by atoms with van der Waals surface area (Å²) in [5.74, 6) is -0.144. The Morgan fingerprint density at radius 1 is 1.05 bits per heavy atom. The minimum absolute atomic E-state index is 0.0149. The molecule has 0 aromatic heterocycles. The number of hydrogen-bond donors (Lipinski definition) is 2. The molecule has 0 bridgehead atoms. The first-order valence-electron chi connectivity index (χ1n) is 6.18. The van der Waals surface area contributed by atoms with Crippen LogP contribution in [0.15, 0.2) is 42.5 Å². The van der Waals surface area contributed by atoms with Crippen LogP contribution in [0.1, 0.15) is 27.0 Å². The average Bonchev–Trinajstić information content (AvgIpc) is 2.37. The van der Waals surface area contributed by atoms with Crippen LogP contribution >= 0.6 is 0 Å². The van der Waals surface area contributed by atoms with Crippen LogP contribution in [0.3, 0.4) is 0 Å². The summed E-state index contributed by atoms with van der Waals surface area (Å²) in [5.41, 5.74) is 4.41. The molecule has 19 heavy (non-hydrogen) atoms. The van der Waals surface area contributed by atoms with Gasteiger partial charge in [0, 0.05) is 11.3 Å². The molecule has 0 radical (unpaired) electrons. The molecule has 2 N–H and O–H groups in total. The van der Waals surface area contributed by atoms with Gasteiger partial charge in [0.15, 0.2) is 0 Å². The molecule has 0 saturated heterocycles. The zero-order valence-corrected chi connectivity index (χ0v) is 11.1. The van der Waals surface area contributed by atoms with Crippen molar-refractivity contribution in [2.24, 2.45) is 0 Å². The summed E-state index contributed by atoms with van der Waals surface area (Å²) >= 11 is 0. The lowest BCUT2D eigenvalue weighted by Crippen LogP contribution is -2.12. The molecule has 0 atom stereocenters. The monoisotopic (exact) mass is 255 g/mol. The van der Waals surface area contributed by atoms with Crippen LogP contribution in [0, 0.1) is 13.8 Å². The van der Waals surface area contributed by atoms with Gasteiger partial charge in [-0.25, -0.2) is 0 Å². The van der Waals surface area contributed by atoms with Gasteiger partial charge in [-0.3, -0.25) is 4.79 Å². The molecule has 0 spiro atoms. The quantitative estimate of drug-likeness (QED) is 0.885. The summed E-state index contributed by atoms with van der Waals surface area (Å²) < 4.78 is 0. The normalized spacial score (nSPS) is 10.3. The van der Waals surface area contributed by atoms with Crippen molar-refractivity contribution in [3.63, 3.8) is 0 Å². The van der Waals surface area contributed by atoms with Gasteiger partial charge in [0.25, 0.3) is 5.91 Å². The molecule has 3 heteroatoms. The summed E-state index contributed by atoms with van der Waals surface area (Å²) in [7, 11) is 0. The maximum absolute atomic E-state index is 12.1. The molecule has 3 nitrogen and oxygen atoms in total. The number of carbonyl (C=O) groups is 1. The third-order valence-electron chi connectivity index (χ3n) is 2.88. The lowest BCUT2D eigenvalue weighted by molar-refractivity contribution is 0.102. The van der Waals surface area contributed by atoms with Crippen molar-refractivity contribution in [1.29, 1.82) is 0 Å². The van der Waals surface area contributed by atoms with Gasteiger partial charge >= 0.3 is 0 Å². The van der Waals surface area contributed by atoms with Crippen LogP contribution in [0.2, 0.25) is 0 Å².